The molecular formula is C26H35N7O4S. The van der Waals surface area contributed by atoms with Crippen molar-refractivity contribution in [3.8, 4) is 0 Å². The molecule has 2 aromatic heterocycles. The van der Waals surface area contributed by atoms with E-state index in [2.05, 4.69) is 38.6 Å². The number of aliphatic hydroxyl groups is 1. The van der Waals surface area contributed by atoms with Gasteiger partial charge in [0, 0.05) is 49.7 Å². The van der Waals surface area contributed by atoms with E-state index in [0.29, 0.717) is 42.7 Å². The summed E-state index contributed by atoms with van der Waals surface area (Å²) >= 11 is 0. The number of ether oxygens (including phenoxy) is 1. The number of carbonyl (C=O) groups is 1. The summed E-state index contributed by atoms with van der Waals surface area (Å²) in [4.78, 5) is 21.9. The topological polar surface area (TPSA) is 116 Å². The Morgan fingerprint density at radius 1 is 1.26 bits per heavy atom. The van der Waals surface area contributed by atoms with Crippen LogP contribution in [0, 0.1) is 5.92 Å². The van der Waals surface area contributed by atoms with Gasteiger partial charge in [0.2, 0.25) is 5.82 Å². The number of fused-ring (bicyclic) bond motifs is 3. The van der Waals surface area contributed by atoms with Gasteiger partial charge in [0.05, 0.1) is 57.2 Å². The minimum absolute atomic E-state index is 0.125. The lowest BCUT2D eigenvalue weighted by Crippen LogP contribution is -2.62. The van der Waals surface area contributed by atoms with Gasteiger partial charge >= 0.3 is 0 Å². The van der Waals surface area contributed by atoms with Crippen molar-refractivity contribution in [3.05, 3.63) is 18.1 Å². The summed E-state index contributed by atoms with van der Waals surface area (Å²) in [5.74, 6) is 0.259. The predicted molar refractivity (Wildman–Crippen MR) is 142 cm³/mol. The minimum Gasteiger partial charge on any atom is -0.388 e. The summed E-state index contributed by atoms with van der Waals surface area (Å²) in [5.41, 5.74) is 0.523. The van der Waals surface area contributed by atoms with E-state index >= 15 is 0 Å². The average Bonchev–Trinajstić information content (AvgIpc) is 3.76. The van der Waals surface area contributed by atoms with Gasteiger partial charge in [-0.2, -0.15) is 0 Å². The van der Waals surface area contributed by atoms with Gasteiger partial charge in [-0.05, 0) is 45.1 Å². The molecule has 2 N–H and O–H groups in total. The molecule has 11 nitrogen and oxygen atoms in total. The molecule has 5 fully saturated rings. The highest BCUT2D eigenvalue weighted by Gasteiger charge is 2.60. The Bertz CT molecular complexity index is 1500. The smallest absolute Gasteiger partial charge is 0.292 e. The number of likely N-dealkylation sites (tertiary alicyclic amines) is 1. The van der Waals surface area contributed by atoms with Crippen LogP contribution in [0.25, 0.3) is 5.65 Å². The second-order valence-corrected chi connectivity index (χ2v) is 14.7. The number of morpholine rings is 1. The average molecular weight is 542 g/mol. The maximum atomic E-state index is 14.0. The predicted octanol–water partition coefficient (Wildman–Crippen LogP) is 0.122. The Kier molecular flexibility index (Phi) is 4.78. The molecule has 6 heterocycles. The number of nitrogens with one attached hydrogen (secondary N) is 1. The van der Waals surface area contributed by atoms with Crippen molar-refractivity contribution < 1.29 is 18.8 Å². The van der Waals surface area contributed by atoms with Gasteiger partial charge in [-0.15, -0.1) is 10.2 Å². The summed E-state index contributed by atoms with van der Waals surface area (Å²) in [6.07, 6.45) is 5.25. The molecular weight excluding hydrogens is 506 g/mol. The lowest BCUT2D eigenvalue weighted by molar-refractivity contribution is -0.0317. The van der Waals surface area contributed by atoms with E-state index < -0.39 is 15.3 Å². The van der Waals surface area contributed by atoms with Gasteiger partial charge in [0.15, 0.2) is 5.65 Å². The Balaban J connectivity index is 1.21. The monoisotopic (exact) mass is 541 g/mol. The number of amides is 1. The highest BCUT2D eigenvalue weighted by Crippen LogP contribution is 2.46. The van der Waals surface area contributed by atoms with Crippen LogP contribution in [0.1, 0.15) is 50.1 Å². The first-order valence-electron chi connectivity index (χ1n) is 13.9. The van der Waals surface area contributed by atoms with Gasteiger partial charge in [0.1, 0.15) is 0 Å². The second kappa shape index (κ2) is 7.69. The molecule has 0 spiro atoms. The highest BCUT2D eigenvalue weighted by molar-refractivity contribution is 8.03. The summed E-state index contributed by atoms with van der Waals surface area (Å²) in [5, 5.41) is 19.9. The maximum absolute atomic E-state index is 14.0. The van der Waals surface area contributed by atoms with E-state index in [1.54, 1.807) is 15.5 Å². The Hall–Kier alpha value is -2.25. The highest BCUT2D eigenvalue weighted by atomic mass is 32.2. The molecule has 2 aromatic rings. The van der Waals surface area contributed by atoms with E-state index in [0.717, 1.165) is 56.1 Å². The third-order valence-corrected chi connectivity index (χ3v) is 12.6. The fourth-order valence-electron chi connectivity index (χ4n) is 7.25. The van der Waals surface area contributed by atoms with Crippen LogP contribution in [-0.2, 0) is 14.4 Å². The van der Waals surface area contributed by atoms with Crippen LogP contribution in [0.15, 0.2) is 17.2 Å². The number of hydrogen-bond donors (Lipinski definition) is 2. The van der Waals surface area contributed by atoms with Crippen LogP contribution in [-0.4, -0.2) is 114 Å². The Morgan fingerprint density at radius 3 is 2.84 bits per heavy atom. The number of nitrogens with zero attached hydrogens (tertiary/aromatic N) is 6. The van der Waals surface area contributed by atoms with Crippen LogP contribution >= 0.6 is 0 Å². The van der Waals surface area contributed by atoms with Crippen LogP contribution in [0.2, 0.25) is 0 Å². The van der Waals surface area contributed by atoms with Crippen molar-refractivity contribution >= 4 is 31.8 Å². The van der Waals surface area contributed by atoms with Crippen molar-refractivity contribution in [2.75, 3.05) is 50.8 Å². The SMILES string of the molecule is C[C@H]1CN(c2cc(S3(=O)=C4CC4(C)N3)cn3c(C(=O)N4CCC(O)(C5CC5)C4)nnc23)C[C@@H]2COCCN21. The number of rotatable bonds is 4. The largest absolute Gasteiger partial charge is 0.388 e. The molecule has 4 aliphatic heterocycles. The minimum atomic E-state index is -2.52. The van der Waals surface area contributed by atoms with Gasteiger partial charge in [-0.3, -0.25) is 14.1 Å². The standard InChI is InChI=1S/C26H35N7O4S/c1-16-11-31(12-18-14-37-8-7-32(16)18)20-9-19(38(36)21-10-25(21,2)29-38)13-33-22(20)27-28-23(33)24(34)30-6-5-26(35,15-30)17-3-4-17/h9,13,16-18,35H,3-8,10-12,14-15H2,1-2H3,(H,29,36)/t16-,18+,25?,26?,38?/m0/s1. The lowest BCUT2D eigenvalue weighted by atomic mass is 9.97. The van der Waals surface area contributed by atoms with E-state index in [4.69, 9.17) is 4.74 Å². The molecule has 2 aliphatic carbocycles. The molecule has 38 heavy (non-hydrogen) atoms. The molecule has 204 valence electrons. The zero-order valence-corrected chi connectivity index (χ0v) is 22.7. The normalized spacial score (nSPS) is 38.8. The number of β-amino-alcohol motifs (C(OH)–C–C–N with tert-alkyl or cyclic N) is 1. The molecule has 6 aliphatic rings. The zero-order valence-electron chi connectivity index (χ0n) is 21.9. The third-order valence-electron chi connectivity index (χ3n) is 9.70. The fourth-order valence-corrected chi connectivity index (χ4v) is 10.2. The third kappa shape index (κ3) is 3.30. The van der Waals surface area contributed by atoms with E-state index in [-0.39, 0.29) is 29.2 Å². The molecule has 0 radical (unpaired) electrons. The van der Waals surface area contributed by atoms with Crippen LogP contribution < -0.4 is 9.62 Å². The number of anilines is 1. The first-order valence-corrected chi connectivity index (χ1v) is 15.4. The van der Waals surface area contributed by atoms with Crippen molar-refractivity contribution in [1.29, 1.82) is 0 Å². The molecule has 0 bridgehead atoms. The number of hydrogen-bond acceptors (Lipinski definition) is 8. The number of carbonyl (C=O) groups excluding carboxylic acids is 1. The molecule has 1 amide bonds. The van der Waals surface area contributed by atoms with Crippen molar-refractivity contribution in [3.63, 3.8) is 0 Å². The molecule has 3 unspecified atom stereocenters. The Labute approximate surface area is 222 Å². The summed E-state index contributed by atoms with van der Waals surface area (Å²) < 4.78 is 24.9. The maximum Gasteiger partial charge on any atom is 0.292 e. The first kappa shape index (κ1) is 23.6. The summed E-state index contributed by atoms with van der Waals surface area (Å²) in [6.45, 7) is 9.08. The van der Waals surface area contributed by atoms with E-state index in [9.17, 15) is 14.1 Å². The molecule has 12 heteroatoms. The van der Waals surface area contributed by atoms with Crippen molar-refractivity contribution in [2.45, 2.75) is 67.6 Å². The van der Waals surface area contributed by atoms with Gasteiger partial charge in [-0.25, -0.2) is 8.93 Å². The number of pyridine rings is 1. The fraction of sp³-hybridized carbons (Fsp3) is 0.692. The van der Waals surface area contributed by atoms with E-state index in [1.165, 1.54) is 0 Å². The van der Waals surface area contributed by atoms with Crippen LogP contribution in [0.4, 0.5) is 5.69 Å². The molecule has 3 saturated heterocycles. The molecule has 0 aromatic carbocycles. The van der Waals surface area contributed by atoms with Crippen molar-refractivity contribution in [1.82, 2.24) is 29.1 Å². The van der Waals surface area contributed by atoms with Crippen LogP contribution in [0.5, 0.6) is 0 Å². The lowest BCUT2D eigenvalue weighted by Gasteiger charge is -2.48. The summed E-state index contributed by atoms with van der Waals surface area (Å²) in [6, 6.07) is 2.58. The first-order chi connectivity index (χ1) is 18.2. The Morgan fingerprint density at radius 2 is 2.11 bits per heavy atom. The molecule has 2 saturated carbocycles. The van der Waals surface area contributed by atoms with Gasteiger partial charge in [0.25, 0.3) is 5.91 Å². The quantitative estimate of drug-likeness (QED) is 0.525. The van der Waals surface area contributed by atoms with Crippen molar-refractivity contribution in [2.24, 2.45) is 5.92 Å². The molecule has 8 rings (SSSR count). The molecule has 5 atom stereocenters. The second-order valence-electron chi connectivity index (χ2n) is 12.4. The van der Waals surface area contributed by atoms with Crippen LogP contribution in [0.3, 0.4) is 0 Å². The summed E-state index contributed by atoms with van der Waals surface area (Å²) in [7, 11) is -2.52. The number of aromatic nitrogens is 3. The van der Waals surface area contributed by atoms with Gasteiger partial charge < -0.3 is 19.6 Å². The zero-order chi connectivity index (χ0) is 26.0. The number of piperazine rings is 1. The van der Waals surface area contributed by atoms with E-state index in [1.807, 2.05) is 6.07 Å². The van der Waals surface area contributed by atoms with Gasteiger partial charge in [-0.1, -0.05) is 0 Å².